The molecule has 0 saturated carbocycles. The summed E-state index contributed by atoms with van der Waals surface area (Å²) in [4.78, 5) is 13.4. The summed E-state index contributed by atoms with van der Waals surface area (Å²) in [6, 6.07) is 12.3. The van der Waals surface area contributed by atoms with Crippen LogP contribution in [0.25, 0.3) is 22.7 Å². The van der Waals surface area contributed by atoms with Gasteiger partial charge in [0.05, 0.1) is 11.0 Å². The third kappa shape index (κ3) is 2.69. The van der Waals surface area contributed by atoms with Gasteiger partial charge in [-0.15, -0.1) is 0 Å². The van der Waals surface area contributed by atoms with E-state index in [1.54, 1.807) is 0 Å². The molecule has 0 aliphatic heterocycles. The van der Waals surface area contributed by atoms with E-state index in [9.17, 15) is 0 Å². The number of pyridine rings is 1. The minimum absolute atomic E-state index is 0.908. The molecule has 5 nitrogen and oxygen atoms in total. The van der Waals surface area contributed by atoms with Gasteiger partial charge >= 0.3 is 0 Å². The predicted molar refractivity (Wildman–Crippen MR) is 94.5 cm³/mol. The zero-order chi connectivity index (χ0) is 16.4. The Labute approximate surface area is 140 Å². The van der Waals surface area contributed by atoms with Crippen LogP contribution < -0.4 is 0 Å². The Morgan fingerprint density at radius 1 is 0.958 bits per heavy atom. The van der Waals surface area contributed by atoms with Crippen molar-refractivity contribution in [3.63, 3.8) is 0 Å². The number of aromatic nitrogens is 5. The topological polar surface area (TPSA) is 48.5 Å². The second kappa shape index (κ2) is 6.28. The summed E-state index contributed by atoms with van der Waals surface area (Å²) >= 11 is 0. The first-order valence-electron chi connectivity index (χ1n) is 8.15. The lowest BCUT2D eigenvalue weighted by Crippen LogP contribution is -2.04. The van der Waals surface area contributed by atoms with Gasteiger partial charge in [0.15, 0.2) is 11.6 Å². The van der Waals surface area contributed by atoms with E-state index in [4.69, 9.17) is 4.98 Å². The molecule has 0 unspecified atom stereocenters. The molecule has 5 heteroatoms. The summed E-state index contributed by atoms with van der Waals surface area (Å²) in [6.07, 6.45) is 9.65. The van der Waals surface area contributed by atoms with Crippen molar-refractivity contribution >= 4 is 11.0 Å². The number of imidazole rings is 2. The minimum Gasteiger partial charge on any atom is -0.328 e. The zero-order valence-corrected chi connectivity index (χ0v) is 13.6. The van der Waals surface area contributed by atoms with Crippen molar-refractivity contribution in [3.8, 4) is 11.6 Å². The molecule has 1 aromatic carbocycles. The van der Waals surface area contributed by atoms with Crippen LogP contribution in [-0.2, 0) is 20.0 Å². The van der Waals surface area contributed by atoms with Gasteiger partial charge in [-0.3, -0.25) is 4.98 Å². The molecule has 0 saturated heterocycles. The Bertz CT molecular complexity index is 952. The molecule has 120 valence electrons. The van der Waals surface area contributed by atoms with Gasteiger partial charge < -0.3 is 9.13 Å². The number of hydrogen-bond acceptors (Lipinski definition) is 3. The van der Waals surface area contributed by atoms with Crippen molar-refractivity contribution in [2.75, 3.05) is 0 Å². The largest absolute Gasteiger partial charge is 0.328 e. The average Bonchev–Trinajstić information content (AvgIpc) is 3.21. The van der Waals surface area contributed by atoms with Gasteiger partial charge in [0.1, 0.15) is 0 Å². The lowest BCUT2D eigenvalue weighted by Gasteiger charge is -2.08. The average molecular weight is 317 g/mol. The second-order valence-corrected chi connectivity index (χ2v) is 5.89. The number of aryl methyl sites for hydroxylation is 3. The minimum atomic E-state index is 0.908. The molecule has 3 aromatic heterocycles. The van der Waals surface area contributed by atoms with Crippen LogP contribution in [-0.4, -0.2) is 24.1 Å². The molecular formula is C19H19N5. The summed E-state index contributed by atoms with van der Waals surface area (Å²) in [5.74, 6) is 1.83. The Morgan fingerprint density at radius 2 is 1.79 bits per heavy atom. The fraction of sp³-hybridized carbons (Fsp3) is 0.211. The number of rotatable bonds is 5. The Balaban J connectivity index is 1.56. The van der Waals surface area contributed by atoms with Gasteiger partial charge in [0.2, 0.25) is 0 Å². The van der Waals surface area contributed by atoms with Crippen LogP contribution in [0.15, 0.2) is 61.2 Å². The van der Waals surface area contributed by atoms with Crippen LogP contribution in [0.2, 0.25) is 0 Å². The molecule has 0 spiro atoms. The van der Waals surface area contributed by atoms with Crippen molar-refractivity contribution in [1.82, 2.24) is 24.1 Å². The van der Waals surface area contributed by atoms with Crippen LogP contribution >= 0.6 is 0 Å². The van der Waals surface area contributed by atoms with E-state index in [-0.39, 0.29) is 0 Å². The van der Waals surface area contributed by atoms with E-state index in [1.165, 1.54) is 5.56 Å². The van der Waals surface area contributed by atoms with Gasteiger partial charge in [0.25, 0.3) is 0 Å². The monoisotopic (exact) mass is 317 g/mol. The maximum Gasteiger partial charge on any atom is 0.177 e. The Kier molecular flexibility index (Phi) is 3.83. The van der Waals surface area contributed by atoms with Crippen molar-refractivity contribution in [2.24, 2.45) is 7.05 Å². The highest BCUT2D eigenvalue weighted by atomic mass is 15.2. The summed E-state index contributed by atoms with van der Waals surface area (Å²) < 4.78 is 4.29. The molecule has 0 amide bonds. The highest BCUT2D eigenvalue weighted by molar-refractivity contribution is 5.79. The first kappa shape index (κ1) is 14.6. The fourth-order valence-corrected chi connectivity index (χ4v) is 3.04. The van der Waals surface area contributed by atoms with Gasteiger partial charge in [-0.1, -0.05) is 12.1 Å². The van der Waals surface area contributed by atoms with Crippen molar-refractivity contribution in [3.05, 3.63) is 66.7 Å². The van der Waals surface area contributed by atoms with E-state index < -0.39 is 0 Å². The fourth-order valence-electron chi connectivity index (χ4n) is 3.04. The van der Waals surface area contributed by atoms with E-state index in [0.29, 0.717) is 0 Å². The summed E-state index contributed by atoms with van der Waals surface area (Å²) in [6.45, 7) is 0.918. The van der Waals surface area contributed by atoms with E-state index >= 15 is 0 Å². The molecule has 4 aromatic rings. The number of hydrogen-bond donors (Lipinski definition) is 0. The van der Waals surface area contributed by atoms with E-state index in [0.717, 1.165) is 42.1 Å². The standard InChI is InChI=1S/C19H19N5/c1-23-17-7-3-2-6-16(17)22-19(23)18-21-12-14-24(18)13-4-5-15-8-10-20-11-9-15/h2-3,6-12,14H,4-5,13H2,1H3. The number of para-hydroxylation sites is 2. The molecule has 0 bridgehead atoms. The van der Waals surface area contributed by atoms with E-state index in [1.807, 2.05) is 50.0 Å². The first-order valence-corrected chi connectivity index (χ1v) is 8.15. The molecule has 0 aliphatic rings. The molecule has 0 N–H and O–H groups in total. The van der Waals surface area contributed by atoms with Crippen LogP contribution in [0, 0.1) is 0 Å². The lowest BCUT2D eigenvalue weighted by molar-refractivity contribution is 0.643. The SMILES string of the molecule is Cn1c(-c2nccn2CCCc2ccncc2)nc2ccccc21. The number of nitrogens with zero attached hydrogens (tertiary/aromatic N) is 5. The lowest BCUT2D eigenvalue weighted by atomic mass is 10.1. The Morgan fingerprint density at radius 3 is 2.62 bits per heavy atom. The maximum atomic E-state index is 4.75. The highest BCUT2D eigenvalue weighted by Gasteiger charge is 2.14. The smallest absolute Gasteiger partial charge is 0.177 e. The molecule has 24 heavy (non-hydrogen) atoms. The number of fused-ring (bicyclic) bond motifs is 1. The van der Waals surface area contributed by atoms with Crippen LogP contribution in [0.4, 0.5) is 0 Å². The van der Waals surface area contributed by atoms with Gasteiger partial charge in [0, 0.05) is 38.4 Å². The molecule has 4 rings (SSSR count). The Hall–Kier alpha value is -2.95. The molecule has 3 heterocycles. The van der Waals surface area contributed by atoms with Crippen molar-refractivity contribution in [2.45, 2.75) is 19.4 Å². The van der Waals surface area contributed by atoms with Crippen molar-refractivity contribution in [1.29, 1.82) is 0 Å². The molecular weight excluding hydrogens is 298 g/mol. The third-order valence-electron chi connectivity index (χ3n) is 4.32. The molecule has 0 fully saturated rings. The zero-order valence-electron chi connectivity index (χ0n) is 13.6. The maximum absolute atomic E-state index is 4.75. The summed E-state index contributed by atoms with van der Waals surface area (Å²) in [7, 11) is 2.04. The molecule has 0 aliphatic carbocycles. The first-order chi connectivity index (χ1) is 11.8. The van der Waals surface area contributed by atoms with Crippen LogP contribution in [0.3, 0.4) is 0 Å². The van der Waals surface area contributed by atoms with Gasteiger partial charge in [-0.05, 0) is 42.7 Å². The van der Waals surface area contributed by atoms with Gasteiger partial charge in [-0.2, -0.15) is 0 Å². The third-order valence-corrected chi connectivity index (χ3v) is 4.32. The number of benzene rings is 1. The van der Waals surface area contributed by atoms with Crippen molar-refractivity contribution < 1.29 is 0 Å². The normalized spacial score (nSPS) is 11.2. The highest BCUT2D eigenvalue weighted by Crippen LogP contribution is 2.22. The van der Waals surface area contributed by atoms with Crippen LogP contribution in [0.1, 0.15) is 12.0 Å². The molecule has 0 atom stereocenters. The summed E-state index contributed by atoms with van der Waals surface area (Å²) in [5.41, 5.74) is 3.44. The summed E-state index contributed by atoms with van der Waals surface area (Å²) in [5, 5.41) is 0. The van der Waals surface area contributed by atoms with Gasteiger partial charge in [-0.25, -0.2) is 9.97 Å². The predicted octanol–water partition coefficient (Wildman–Crippen LogP) is 3.46. The molecule has 0 radical (unpaired) electrons. The second-order valence-electron chi connectivity index (χ2n) is 5.89. The quantitative estimate of drug-likeness (QED) is 0.566. The van der Waals surface area contributed by atoms with E-state index in [2.05, 4.69) is 37.3 Å². The van der Waals surface area contributed by atoms with Crippen LogP contribution in [0.5, 0.6) is 0 Å².